The van der Waals surface area contributed by atoms with Crippen LogP contribution in [0.4, 0.5) is 0 Å². The molecular formula is C54H48N6. The van der Waals surface area contributed by atoms with Gasteiger partial charge in [0, 0.05) is 74.4 Å². The Labute approximate surface area is 355 Å². The molecule has 0 saturated heterocycles. The Morgan fingerprint density at radius 1 is 0.167 bits per heavy atom. The number of rotatable bonds is 15. The molecule has 6 rings (SSSR count). The van der Waals surface area contributed by atoms with E-state index < -0.39 is 0 Å². The summed E-state index contributed by atoms with van der Waals surface area (Å²) in [5.41, 5.74) is 6.87. The largest absolute Gasteiger partial charge is 0.265 e. The highest BCUT2D eigenvalue weighted by Gasteiger charge is 1.84. The molecule has 6 heterocycles. The lowest BCUT2D eigenvalue weighted by atomic mass is 10.2. The highest BCUT2D eigenvalue weighted by Crippen LogP contribution is 2.03. The molecule has 0 aliphatic rings. The second-order valence-corrected chi connectivity index (χ2v) is 12.1. The lowest BCUT2D eigenvalue weighted by molar-refractivity contribution is 1.32. The van der Waals surface area contributed by atoms with Crippen LogP contribution in [0.2, 0.25) is 0 Å². The van der Waals surface area contributed by atoms with Gasteiger partial charge in [0.15, 0.2) is 0 Å². The van der Waals surface area contributed by atoms with Gasteiger partial charge in [-0.3, -0.25) is 29.9 Å². The molecule has 6 nitrogen and oxygen atoms in total. The molecule has 6 heteroatoms. The lowest BCUT2D eigenvalue weighted by Gasteiger charge is -1.88. The molecule has 0 N–H and O–H groups in total. The summed E-state index contributed by atoms with van der Waals surface area (Å²) in [7, 11) is 0. The summed E-state index contributed by atoms with van der Waals surface area (Å²) < 4.78 is 0. The Morgan fingerprint density at radius 3 is 0.417 bits per heavy atom. The van der Waals surface area contributed by atoms with E-state index in [0.717, 1.165) is 33.4 Å². The van der Waals surface area contributed by atoms with Crippen molar-refractivity contribution >= 4 is 36.5 Å². The van der Waals surface area contributed by atoms with E-state index >= 15 is 0 Å². The number of allylic oxidation sites excluding steroid dienone is 18. The quantitative estimate of drug-likeness (QED) is 0.0966. The molecule has 0 aliphatic carbocycles. The molecule has 0 fully saturated rings. The molecular weight excluding hydrogens is 733 g/mol. The summed E-state index contributed by atoms with van der Waals surface area (Å²) in [6.45, 7) is 0. The third-order valence-electron chi connectivity index (χ3n) is 7.64. The predicted octanol–water partition coefficient (Wildman–Crippen LogP) is 12.9. The SMILES string of the molecule is C(/C=C/C=C/c1ccncc1)=C\C=C\c1ccncc1.C(/C=C/C=C/c1ccncc1)=C\C=C\c1ccncc1.C(/C=C/C=C/c1ccncc1)=C\C=C\c1ccncc1. The Kier molecular flexibility index (Phi) is 22.9. The molecule has 0 aromatic carbocycles. The van der Waals surface area contributed by atoms with Crippen LogP contribution in [0, 0.1) is 0 Å². The molecule has 0 saturated carbocycles. The van der Waals surface area contributed by atoms with Crippen LogP contribution in [0.3, 0.4) is 0 Å². The zero-order valence-electron chi connectivity index (χ0n) is 33.4. The van der Waals surface area contributed by atoms with Gasteiger partial charge < -0.3 is 0 Å². The van der Waals surface area contributed by atoms with Gasteiger partial charge in [0.1, 0.15) is 0 Å². The average molecular weight is 781 g/mol. The molecule has 0 atom stereocenters. The molecule has 6 aromatic rings. The van der Waals surface area contributed by atoms with Crippen molar-refractivity contribution in [2.75, 3.05) is 0 Å². The molecule has 0 amide bonds. The second-order valence-electron chi connectivity index (χ2n) is 12.1. The molecule has 0 bridgehead atoms. The highest BCUT2D eigenvalue weighted by atomic mass is 14.6. The van der Waals surface area contributed by atoms with Crippen LogP contribution in [0.25, 0.3) is 36.5 Å². The molecule has 294 valence electrons. The van der Waals surface area contributed by atoms with Gasteiger partial charge in [-0.2, -0.15) is 0 Å². The minimum Gasteiger partial charge on any atom is -0.265 e. The molecule has 60 heavy (non-hydrogen) atoms. The lowest BCUT2D eigenvalue weighted by Crippen LogP contribution is -1.71. The number of aromatic nitrogens is 6. The van der Waals surface area contributed by atoms with E-state index in [4.69, 9.17) is 0 Å². The molecule has 0 spiro atoms. The van der Waals surface area contributed by atoms with E-state index in [-0.39, 0.29) is 0 Å². The van der Waals surface area contributed by atoms with Crippen LogP contribution in [0.15, 0.2) is 257 Å². The van der Waals surface area contributed by atoms with Crippen molar-refractivity contribution in [3.63, 3.8) is 0 Å². The summed E-state index contributed by atoms with van der Waals surface area (Å²) in [5.74, 6) is 0. The van der Waals surface area contributed by atoms with Gasteiger partial charge in [-0.25, -0.2) is 0 Å². The molecule has 0 unspecified atom stereocenters. The summed E-state index contributed by atoms with van der Waals surface area (Å²) in [6, 6.07) is 23.6. The van der Waals surface area contributed by atoms with Gasteiger partial charge in [-0.1, -0.05) is 146 Å². The van der Waals surface area contributed by atoms with Gasteiger partial charge in [0.05, 0.1) is 0 Å². The first kappa shape index (κ1) is 44.5. The number of pyridine rings is 6. The Morgan fingerprint density at radius 2 is 0.283 bits per heavy atom. The van der Waals surface area contributed by atoms with Crippen LogP contribution >= 0.6 is 0 Å². The molecule has 0 radical (unpaired) electrons. The van der Waals surface area contributed by atoms with Gasteiger partial charge in [0.25, 0.3) is 0 Å². The maximum absolute atomic E-state index is 3.97. The van der Waals surface area contributed by atoms with Gasteiger partial charge in [-0.05, 0) is 106 Å². The zero-order valence-corrected chi connectivity index (χ0v) is 33.4. The predicted molar refractivity (Wildman–Crippen MR) is 254 cm³/mol. The first-order valence-electron chi connectivity index (χ1n) is 19.3. The monoisotopic (exact) mass is 780 g/mol. The van der Waals surface area contributed by atoms with Gasteiger partial charge >= 0.3 is 0 Å². The Hall–Kier alpha value is -8.22. The Bertz CT molecular complexity index is 1930. The molecule has 6 aromatic heterocycles. The standard InChI is InChI=1S/3C18H16N2/c3*1(3-5-7-17-9-13-19-14-10-17)2-4-6-8-18-11-15-20-16-12-18/h3*1-16H/b3*3-1+,4-2+,7-5+,8-6+. The topological polar surface area (TPSA) is 77.3 Å². The first-order valence-corrected chi connectivity index (χ1v) is 19.3. The summed E-state index contributed by atoms with van der Waals surface area (Å²) in [4.78, 5) is 23.8. The fourth-order valence-electron chi connectivity index (χ4n) is 4.62. The van der Waals surface area contributed by atoms with Crippen molar-refractivity contribution in [1.82, 2.24) is 29.9 Å². The van der Waals surface area contributed by atoms with Crippen molar-refractivity contribution in [3.05, 3.63) is 290 Å². The van der Waals surface area contributed by atoms with Crippen molar-refractivity contribution in [3.8, 4) is 0 Å². The summed E-state index contributed by atoms with van der Waals surface area (Å²) in [5, 5.41) is 0. The van der Waals surface area contributed by atoms with Crippen LogP contribution in [-0.4, -0.2) is 29.9 Å². The molecule has 0 aliphatic heterocycles. The van der Waals surface area contributed by atoms with Crippen molar-refractivity contribution in [2.45, 2.75) is 0 Å². The van der Waals surface area contributed by atoms with Crippen LogP contribution in [-0.2, 0) is 0 Å². The maximum atomic E-state index is 3.97. The average Bonchev–Trinajstić information content (AvgIpc) is 3.31. The maximum Gasteiger partial charge on any atom is 0.0273 e. The van der Waals surface area contributed by atoms with Crippen LogP contribution in [0.1, 0.15) is 33.4 Å². The van der Waals surface area contributed by atoms with Crippen LogP contribution in [0.5, 0.6) is 0 Å². The fraction of sp³-hybridized carbons (Fsp3) is 0. The minimum absolute atomic E-state index is 1.14. The smallest absolute Gasteiger partial charge is 0.0273 e. The van der Waals surface area contributed by atoms with Crippen molar-refractivity contribution in [2.24, 2.45) is 0 Å². The van der Waals surface area contributed by atoms with Crippen molar-refractivity contribution in [1.29, 1.82) is 0 Å². The van der Waals surface area contributed by atoms with Crippen LogP contribution < -0.4 is 0 Å². The fourth-order valence-corrected chi connectivity index (χ4v) is 4.62. The number of hydrogen-bond acceptors (Lipinski definition) is 6. The first-order chi connectivity index (χ1) is 29.8. The number of hydrogen-bond donors (Lipinski definition) is 0. The minimum atomic E-state index is 1.14. The van der Waals surface area contributed by atoms with E-state index in [9.17, 15) is 0 Å². The van der Waals surface area contributed by atoms with E-state index in [0.29, 0.717) is 0 Å². The van der Waals surface area contributed by atoms with Gasteiger partial charge in [0.2, 0.25) is 0 Å². The third kappa shape index (κ3) is 22.4. The van der Waals surface area contributed by atoms with Gasteiger partial charge in [-0.15, -0.1) is 0 Å². The second kappa shape index (κ2) is 30.9. The summed E-state index contributed by atoms with van der Waals surface area (Å²) in [6.07, 6.45) is 69.7. The van der Waals surface area contributed by atoms with E-state index in [1.165, 1.54) is 0 Å². The highest BCUT2D eigenvalue weighted by molar-refractivity contribution is 5.54. The van der Waals surface area contributed by atoms with E-state index in [2.05, 4.69) is 29.9 Å². The van der Waals surface area contributed by atoms with E-state index in [1.54, 1.807) is 74.4 Å². The Balaban J connectivity index is 0.000000198. The zero-order chi connectivity index (χ0) is 41.6. The van der Waals surface area contributed by atoms with E-state index in [1.807, 2.05) is 219 Å². The number of nitrogens with zero attached hydrogens (tertiary/aromatic N) is 6. The van der Waals surface area contributed by atoms with Crippen molar-refractivity contribution < 1.29 is 0 Å². The third-order valence-corrected chi connectivity index (χ3v) is 7.64. The normalized spacial score (nSPS) is 12.2. The summed E-state index contributed by atoms with van der Waals surface area (Å²) >= 11 is 0.